The molecule has 2 N–H and O–H groups in total. The number of aromatic carboxylic acids is 1. The van der Waals surface area contributed by atoms with Crippen molar-refractivity contribution in [1.29, 1.82) is 0 Å². The number of hydrogen-bond acceptors (Lipinski definition) is 5. The summed E-state index contributed by atoms with van der Waals surface area (Å²) in [5, 5.41) is 16.1. The first-order valence-corrected chi connectivity index (χ1v) is 9.50. The predicted molar refractivity (Wildman–Crippen MR) is 111 cm³/mol. The molecule has 0 saturated heterocycles. The van der Waals surface area contributed by atoms with E-state index in [1.165, 1.54) is 29.2 Å². The van der Waals surface area contributed by atoms with Gasteiger partial charge in [-0.25, -0.2) is 9.78 Å². The average molecular weight is 447 g/mol. The molecule has 154 valence electrons. The standard InChI is InChI=1S/C20H16Cl2N4O4/c1-11-23-19(25-24-11)17(27)9-18(28)26(10-12-2-7-15(21)16(22)8-12)14-5-3-13(4-6-14)20(29)30/h2-8H,9-10H2,1H3,(H,29,30)(H,23,24,25). The summed E-state index contributed by atoms with van der Waals surface area (Å²) in [6.07, 6.45) is -0.459. The van der Waals surface area contributed by atoms with E-state index in [0.29, 0.717) is 27.1 Å². The van der Waals surface area contributed by atoms with Crippen LogP contribution < -0.4 is 4.90 Å². The van der Waals surface area contributed by atoms with Crippen molar-refractivity contribution in [3.63, 3.8) is 0 Å². The van der Waals surface area contributed by atoms with Crippen molar-refractivity contribution in [3.05, 3.63) is 75.3 Å². The van der Waals surface area contributed by atoms with Gasteiger partial charge in [0.2, 0.25) is 17.5 Å². The van der Waals surface area contributed by atoms with E-state index in [0.717, 1.165) is 0 Å². The van der Waals surface area contributed by atoms with Crippen LogP contribution in [0.5, 0.6) is 0 Å². The zero-order chi connectivity index (χ0) is 21.8. The first kappa shape index (κ1) is 21.5. The number of H-pyrrole nitrogens is 1. The first-order chi connectivity index (χ1) is 14.2. The van der Waals surface area contributed by atoms with Crippen molar-refractivity contribution in [2.75, 3.05) is 4.90 Å². The number of carboxylic acids is 1. The molecule has 1 aromatic heterocycles. The van der Waals surface area contributed by atoms with Gasteiger partial charge in [-0.2, -0.15) is 5.10 Å². The van der Waals surface area contributed by atoms with Crippen molar-refractivity contribution in [2.45, 2.75) is 19.9 Å². The summed E-state index contributed by atoms with van der Waals surface area (Å²) in [5.74, 6) is -1.74. The number of rotatable bonds is 7. The number of carbonyl (C=O) groups is 3. The van der Waals surface area contributed by atoms with Crippen LogP contribution >= 0.6 is 23.2 Å². The van der Waals surface area contributed by atoms with Crippen LogP contribution in [0.1, 0.15) is 38.8 Å². The van der Waals surface area contributed by atoms with Crippen LogP contribution in [-0.4, -0.2) is 37.9 Å². The van der Waals surface area contributed by atoms with Gasteiger partial charge in [0.1, 0.15) is 5.82 Å². The number of nitrogens with one attached hydrogen (secondary N) is 1. The highest BCUT2D eigenvalue weighted by atomic mass is 35.5. The van der Waals surface area contributed by atoms with Crippen LogP contribution in [-0.2, 0) is 11.3 Å². The molecule has 1 heterocycles. The molecule has 30 heavy (non-hydrogen) atoms. The molecule has 0 fully saturated rings. The number of aromatic nitrogens is 3. The van der Waals surface area contributed by atoms with Gasteiger partial charge in [0.15, 0.2) is 0 Å². The number of nitrogens with zero attached hydrogens (tertiary/aromatic N) is 3. The minimum atomic E-state index is -1.08. The Bertz CT molecular complexity index is 1110. The Morgan fingerprint density at radius 2 is 1.77 bits per heavy atom. The van der Waals surface area contributed by atoms with E-state index in [1.54, 1.807) is 25.1 Å². The number of carboxylic acid groups (broad SMARTS) is 1. The van der Waals surface area contributed by atoms with Gasteiger partial charge in [-0.05, 0) is 48.9 Å². The number of halogens is 2. The maximum absolute atomic E-state index is 13.0. The molecule has 0 aliphatic carbocycles. The molecule has 3 rings (SSSR count). The van der Waals surface area contributed by atoms with Crippen molar-refractivity contribution in [3.8, 4) is 0 Å². The lowest BCUT2D eigenvalue weighted by Crippen LogP contribution is -2.32. The molecule has 8 nitrogen and oxygen atoms in total. The average Bonchev–Trinajstić information content (AvgIpc) is 3.15. The topological polar surface area (TPSA) is 116 Å². The highest BCUT2D eigenvalue weighted by molar-refractivity contribution is 6.42. The Labute approximate surface area is 181 Å². The van der Waals surface area contributed by atoms with E-state index >= 15 is 0 Å². The maximum Gasteiger partial charge on any atom is 0.335 e. The highest BCUT2D eigenvalue weighted by Gasteiger charge is 2.23. The van der Waals surface area contributed by atoms with E-state index < -0.39 is 24.1 Å². The zero-order valence-corrected chi connectivity index (χ0v) is 17.2. The van der Waals surface area contributed by atoms with Crippen LogP contribution in [0.2, 0.25) is 10.0 Å². The third kappa shape index (κ3) is 5.03. The maximum atomic E-state index is 13.0. The van der Waals surface area contributed by atoms with Gasteiger partial charge in [-0.3, -0.25) is 14.7 Å². The normalized spacial score (nSPS) is 10.6. The molecular formula is C20H16Cl2N4O4. The highest BCUT2D eigenvalue weighted by Crippen LogP contribution is 2.25. The van der Waals surface area contributed by atoms with Gasteiger partial charge in [0.25, 0.3) is 0 Å². The number of carbonyl (C=O) groups excluding carboxylic acids is 2. The second-order valence-corrected chi connectivity index (χ2v) is 7.24. The number of amides is 1. The predicted octanol–water partition coefficient (Wildman–Crippen LogP) is 3.92. The second kappa shape index (κ2) is 9.06. The molecule has 0 bridgehead atoms. The minimum absolute atomic E-state index is 0.0726. The Hall–Kier alpha value is -3.23. The van der Waals surface area contributed by atoms with E-state index in [2.05, 4.69) is 15.2 Å². The summed E-state index contributed by atoms with van der Waals surface area (Å²) < 4.78 is 0. The fourth-order valence-electron chi connectivity index (χ4n) is 2.71. The number of hydrogen-bond donors (Lipinski definition) is 2. The number of Topliss-reactive ketones (excluding diaryl/α,β-unsaturated/α-hetero) is 1. The van der Waals surface area contributed by atoms with Gasteiger partial charge < -0.3 is 10.0 Å². The summed E-state index contributed by atoms with van der Waals surface area (Å²) in [6.45, 7) is 1.74. The Balaban J connectivity index is 1.89. The molecule has 0 radical (unpaired) electrons. The van der Waals surface area contributed by atoms with Crippen molar-refractivity contribution >= 4 is 46.5 Å². The molecule has 0 saturated carbocycles. The number of benzene rings is 2. The molecule has 2 aromatic carbocycles. The van der Waals surface area contributed by atoms with Crippen LogP contribution in [0.4, 0.5) is 5.69 Å². The van der Waals surface area contributed by atoms with Gasteiger partial charge in [0, 0.05) is 5.69 Å². The lowest BCUT2D eigenvalue weighted by molar-refractivity contribution is -0.117. The largest absolute Gasteiger partial charge is 0.478 e. The molecule has 0 atom stereocenters. The Morgan fingerprint density at radius 1 is 1.07 bits per heavy atom. The molecule has 10 heteroatoms. The van der Waals surface area contributed by atoms with Crippen molar-refractivity contribution in [2.24, 2.45) is 0 Å². The van der Waals surface area contributed by atoms with Crippen LogP contribution in [0, 0.1) is 6.92 Å². The molecule has 1 amide bonds. The number of ketones is 1. The minimum Gasteiger partial charge on any atom is -0.478 e. The van der Waals surface area contributed by atoms with Gasteiger partial charge >= 0.3 is 5.97 Å². The van der Waals surface area contributed by atoms with E-state index in [1.807, 2.05) is 0 Å². The van der Waals surface area contributed by atoms with Crippen molar-refractivity contribution < 1.29 is 19.5 Å². The second-order valence-electron chi connectivity index (χ2n) is 6.42. The van der Waals surface area contributed by atoms with Crippen LogP contribution in [0.15, 0.2) is 42.5 Å². The summed E-state index contributed by atoms with van der Waals surface area (Å²) in [5.41, 5.74) is 1.18. The quantitative estimate of drug-likeness (QED) is 0.419. The molecular weight excluding hydrogens is 431 g/mol. The van der Waals surface area contributed by atoms with Gasteiger partial charge in [0.05, 0.1) is 28.6 Å². The lowest BCUT2D eigenvalue weighted by Gasteiger charge is -2.23. The summed E-state index contributed by atoms with van der Waals surface area (Å²) in [6, 6.07) is 10.7. The van der Waals surface area contributed by atoms with Gasteiger partial charge in [-0.1, -0.05) is 29.3 Å². The van der Waals surface area contributed by atoms with Crippen LogP contribution in [0.3, 0.4) is 0 Å². The third-order valence-corrected chi connectivity index (χ3v) is 4.95. The monoisotopic (exact) mass is 446 g/mol. The third-order valence-electron chi connectivity index (χ3n) is 4.21. The lowest BCUT2D eigenvalue weighted by atomic mass is 10.1. The Morgan fingerprint density at radius 3 is 2.33 bits per heavy atom. The number of aromatic amines is 1. The summed E-state index contributed by atoms with van der Waals surface area (Å²) >= 11 is 12.0. The molecule has 0 aliphatic rings. The van der Waals surface area contributed by atoms with E-state index in [-0.39, 0.29) is 17.9 Å². The molecule has 0 unspecified atom stereocenters. The molecule has 3 aromatic rings. The van der Waals surface area contributed by atoms with Crippen LogP contribution in [0.25, 0.3) is 0 Å². The molecule has 0 aliphatic heterocycles. The fourth-order valence-corrected chi connectivity index (χ4v) is 3.03. The smallest absolute Gasteiger partial charge is 0.335 e. The molecule has 0 spiro atoms. The van der Waals surface area contributed by atoms with E-state index in [9.17, 15) is 14.4 Å². The SMILES string of the molecule is Cc1nc(C(=O)CC(=O)N(Cc2ccc(Cl)c(Cl)c2)c2ccc(C(=O)O)cc2)n[nH]1. The number of aryl methyl sites for hydroxylation is 1. The summed E-state index contributed by atoms with van der Waals surface area (Å²) in [7, 11) is 0. The first-order valence-electron chi connectivity index (χ1n) is 8.74. The summed E-state index contributed by atoms with van der Waals surface area (Å²) in [4.78, 5) is 41.8. The number of anilines is 1. The fraction of sp³-hybridized carbons (Fsp3) is 0.150. The van der Waals surface area contributed by atoms with E-state index in [4.69, 9.17) is 28.3 Å². The van der Waals surface area contributed by atoms with Gasteiger partial charge in [-0.15, -0.1) is 0 Å². The van der Waals surface area contributed by atoms with Crippen molar-refractivity contribution in [1.82, 2.24) is 15.2 Å². The zero-order valence-electron chi connectivity index (χ0n) is 15.7. The Kier molecular flexibility index (Phi) is 6.49.